The van der Waals surface area contributed by atoms with Crippen LogP contribution < -0.4 is 5.73 Å². The van der Waals surface area contributed by atoms with Crippen molar-refractivity contribution in [3.63, 3.8) is 0 Å². The second-order valence-corrected chi connectivity index (χ2v) is 3.78. The Morgan fingerprint density at radius 3 is 2.44 bits per heavy atom. The molecule has 0 unspecified atom stereocenters. The van der Waals surface area contributed by atoms with Crippen LogP contribution in [0.3, 0.4) is 0 Å². The first kappa shape index (κ1) is 10.7. The second-order valence-electron chi connectivity index (χ2n) is 3.78. The van der Waals surface area contributed by atoms with Crippen LogP contribution in [0.1, 0.15) is 12.5 Å². The van der Waals surface area contributed by atoms with Crippen molar-refractivity contribution in [2.45, 2.75) is 13.3 Å². The van der Waals surface area contributed by atoms with Crippen LogP contribution in [0.5, 0.6) is 0 Å². The Kier molecular flexibility index (Phi) is 2.91. The van der Waals surface area contributed by atoms with Gasteiger partial charge in [0.2, 0.25) is 0 Å². The highest BCUT2D eigenvalue weighted by Crippen LogP contribution is 2.24. The maximum Gasteiger partial charge on any atom is 0.123 e. The van der Waals surface area contributed by atoms with E-state index in [1.54, 1.807) is 6.07 Å². The monoisotopic (exact) mass is 215 g/mol. The average Bonchev–Trinajstić information content (AvgIpc) is 2.29. The predicted octanol–water partition coefficient (Wildman–Crippen LogP) is 3.64. The van der Waals surface area contributed by atoms with Crippen LogP contribution in [0.25, 0.3) is 11.1 Å². The molecule has 0 aromatic heterocycles. The molecule has 1 nitrogen and oxygen atoms in total. The number of benzene rings is 2. The minimum atomic E-state index is -0.226. The maximum atomic E-state index is 13.1. The van der Waals surface area contributed by atoms with Gasteiger partial charge in [0.05, 0.1) is 0 Å². The summed E-state index contributed by atoms with van der Waals surface area (Å²) in [4.78, 5) is 0. The van der Waals surface area contributed by atoms with E-state index in [2.05, 4.69) is 6.92 Å². The smallest absolute Gasteiger partial charge is 0.123 e. The number of halogens is 1. The molecule has 0 spiro atoms. The highest BCUT2D eigenvalue weighted by atomic mass is 19.1. The Balaban J connectivity index is 2.45. The maximum absolute atomic E-state index is 13.1. The first-order valence-corrected chi connectivity index (χ1v) is 5.35. The van der Waals surface area contributed by atoms with E-state index in [1.165, 1.54) is 12.1 Å². The van der Waals surface area contributed by atoms with Crippen molar-refractivity contribution >= 4 is 5.69 Å². The summed E-state index contributed by atoms with van der Waals surface area (Å²) < 4.78 is 13.1. The minimum Gasteiger partial charge on any atom is -0.398 e. The number of nitrogens with two attached hydrogens (primary N) is 1. The average molecular weight is 215 g/mol. The van der Waals surface area contributed by atoms with E-state index in [1.807, 2.05) is 24.3 Å². The molecule has 0 aliphatic rings. The van der Waals surface area contributed by atoms with Gasteiger partial charge >= 0.3 is 0 Å². The van der Waals surface area contributed by atoms with Gasteiger partial charge in [-0.15, -0.1) is 0 Å². The summed E-state index contributed by atoms with van der Waals surface area (Å²) in [5, 5.41) is 0. The summed E-state index contributed by atoms with van der Waals surface area (Å²) in [5.74, 6) is -0.226. The molecular weight excluding hydrogens is 201 g/mol. The molecule has 2 rings (SSSR count). The molecule has 0 saturated heterocycles. The van der Waals surface area contributed by atoms with Gasteiger partial charge in [0.15, 0.2) is 0 Å². The van der Waals surface area contributed by atoms with Gasteiger partial charge < -0.3 is 5.73 Å². The van der Waals surface area contributed by atoms with E-state index < -0.39 is 0 Å². The lowest BCUT2D eigenvalue weighted by atomic mass is 10.0. The SMILES string of the molecule is CCc1ccc(-c2cccc(F)c2)cc1N. The summed E-state index contributed by atoms with van der Waals surface area (Å²) >= 11 is 0. The molecule has 16 heavy (non-hydrogen) atoms. The molecule has 2 aromatic carbocycles. The van der Waals surface area contributed by atoms with Crippen LogP contribution in [0.4, 0.5) is 10.1 Å². The molecule has 0 fully saturated rings. The number of hydrogen-bond donors (Lipinski definition) is 1. The van der Waals surface area contributed by atoms with Crippen LogP contribution >= 0.6 is 0 Å². The Labute approximate surface area is 94.7 Å². The molecule has 0 atom stereocenters. The lowest BCUT2D eigenvalue weighted by Gasteiger charge is -2.07. The Bertz CT molecular complexity index is 506. The zero-order valence-corrected chi connectivity index (χ0v) is 9.20. The highest BCUT2D eigenvalue weighted by molar-refractivity contribution is 5.69. The van der Waals surface area contributed by atoms with Crippen LogP contribution in [0.2, 0.25) is 0 Å². The zero-order chi connectivity index (χ0) is 11.5. The molecule has 2 heteroatoms. The molecule has 0 amide bonds. The summed E-state index contributed by atoms with van der Waals surface area (Å²) in [6.07, 6.45) is 0.912. The first-order chi connectivity index (χ1) is 7.70. The van der Waals surface area contributed by atoms with Crippen LogP contribution in [-0.2, 0) is 6.42 Å². The fraction of sp³-hybridized carbons (Fsp3) is 0.143. The molecule has 0 aliphatic carbocycles. The molecule has 2 N–H and O–H groups in total. The molecule has 0 heterocycles. The fourth-order valence-corrected chi connectivity index (χ4v) is 1.76. The van der Waals surface area contributed by atoms with E-state index in [0.717, 1.165) is 28.8 Å². The third kappa shape index (κ3) is 2.06. The van der Waals surface area contributed by atoms with E-state index in [-0.39, 0.29) is 5.82 Å². The van der Waals surface area contributed by atoms with Crippen molar-refractivity contribution in [2.24, 2.45) is 0 Å². The number of anilines is 1. The van der Waals surface area contributed by atoms with Gasteiger partial charge in [-0.3, -0.25) is 0 Å². The van der Waals surface area contributed by atoms with Gasteiger partial charge in [-0.05, 0) is 41.3 Å². The third-order valence-electron chi connectivity index (χ3n) is 2.68. The summed E-state index contributed by atoms with van der Waals surface area (Å²) in [6.45, 7) is 2.06. The summed E-state index contributed by atoms with van der Waals surface area (Å²) in [5.41, 5.74) is 9.62. The van der Waals surface area contributed by atoms with Crippen molar-refractivity contribution in [1.82, 2.24) is 0 Å². The molecule has 0 aliphatic heterocycles. The Hall–Kier alpha value is -1.83. The number of rotatable bonds is 2. The van der Waals surface area contributed by atoms with E-state index in [0.29, 0.717) is 0 Å². The first-order valence-electron chi connectivity index (χ1n) is 5.35. The van der Waals surface area contributed by atoms with Crippen molar-refractivity contribution in [3.05, 3.63) is 53.8 Å². The van der Waals surface area contributed by atoms with Crippen LogP contribution in [0.15, 0.2) is 42.5 Å². The van der Waals surface area contributed by atoms with Gasteiger partial charge in [-0.1, -0.05) is 31.2 Å². The van der Waals surface area contributed by atoms with Gasteiger partial charge in [-0.25, -0.2) is 4.39 Å². The zero-order valence-electron chi connectivity index (χ0n) is 9.20. The molecule has 0 saturated carbocycles. The van der Waals surface area contributed by atoms with Gasteiger partial charge in [0.1, 0.15) is 5.82 Å². The van der Waals surface area contributed by atoms with Gasteiger partial charge in [0.25, 0.3) is 0 Å². The normalized spacial score (nSPS) is 10.4. The largest absolute Gasteiger partial charge is 0.398 e. The van der Waals surface area contributed by atoms with Crippen molar-refractivity contribution in [3.8, 4) is 11.1 Å². The fourth-order valence-electron chi connectivity index (χ4n) is 1.76. The van der Waals surface area contributed by atoms with Crippen LogP contribution in [0, 0.1) is 5.82 Å². The molecule has 82 valence electrons. The second kappa shape index (κ2) is 4.35. The van der Waals surface area contributed by atoms with Crippen molar-refractivity contribution < 1.29 is 4.39 Å². The molecule has 0 radical (unpaired) electrons. The molecule has 0 bridgehead atoms. The predicted molar refractivity (Wildman–Crippen MR) is 65.6 cm³/mol. The quantitative estimate of drug-likeness (QED) is 0.760. The van der Waals surface area contributed by atoms with Gasteiger partial charge in [-0.2, -0.15) is 0 Å². The van der Waals surface area contributed by atoms with Gasteiger partial charge in [0, 0.05) is 5.69 Å². The topological polar surface area (TPSA) is 26.0 Å². The Morgan fingerprint density at radius 1 is 1.06 bits per heavy atom. The molecular formula is C14H14FN. The Morgan fingerprint density at radius 2 is 1.81 bits per heavy atom. The van der Waals surface area contributed by atoms with E-state index >= 15 is 0 Å². The van der Waals surface area contributed by atoms with Crippen molar-refractivity contribution in [2.75, 3.05) is 5.73 Å². The number of hydrogen-bond acceptors (Lipinski definition) is 1. The lowest BCUT2D eigenvalue weighted by Crippen LogP contribution is -1.93. The molecule has 2 aromatic rings. The van der Waals surface area contributed by atoms with Crippen LogP contribution in [-0.4, -0.2) is 0 Å². The number of nitrogen functional groups attached to an aromatic ring is 1. The van der Waals surface area contributed by atoms with Crippen molar-refractivity contribution in [1.29, 1.82) is 0 Å². The summed E-state index contributed by atoms with van der Waals surface area (Å²) in [7, 11) is 0. The lowest BCUT2D eigenvalue weighted by molar-refractivity contribution is 0.628. The van der Waals surface area contributed by atoms with E-state index in [9.17, 15) is 4.39 Å². The minimum absolute atomic E-state index is 0.226. The number of aryl methyl sites for hydroxylation is 1. The third-order valence-corrected chi connectivity index (χ3v) is 2.68. The van der Waals surface area contributed by atoms with E-state index in [4.69, 9.17) is 5.73 Å². The summed E-state index contributed by atoms with van der Waals surface area (Å²) in [6, 6.07) is 12.4. The highest BCUT2D eigenvalue weighted by Gasteiger charge is 2.02. The standard InChI is InChI=1S/C14H14FN/c1-2-10-6-7-12(9-14(10)16)11-4-3-5-13(15)8-11/h3-9H,2,16H2,1H3.